The minimum atomic E-state index is -0.698. The Kier molecular flexibility index (Phi) is 3.01. The van der Waals surface area contributed by atoms with Crippen LogP contribution in [0.2, 0.25) is 0 Å². The Hall–Kier alpha value is -1.86. The highest BCUT2D eigenvalue weighted by molar-refractivity contribution is 5.92. The van der Waals surface area contributed by atoms with Crippen molar-refractivity contribution in [2.24, 2.45) is 5.73 Å². The van der Waals surface area contributed by atoms with Crippen molar-refractivity contribution in [3.63, 3.8) is 0 Å². The molecule has 4 heteroatoms. The van der Waals surface area contributed by atoms with Gasteiger partial charge >= 0.3 is 0 Å². The summed E-state index contributed by atoms with van der Waals surface area (Å²) in [4.78, 5) is 14.2. The summed E-state index contributed by atoms with van der Waals surface area (Å²) in [5.41, 5.74) is 5.94. The zero-order valence-electron chi connectivity index (χ0n) is 6.82. The molecule has 0 aliphatic carbocycles. The SMILES string of the molecule is NC(=O)C#Cc1cc(CO)ccn1. The lowest BCUT2D eigenvalue weighted by molar-refractivity contribution is -0.112. The number of nitrogens with zero attached hydrogens (tertiary/aromatic N) is 1. The van der Waals surface area contributed by atoms with Gasteiger partial charge in [-0.2, -0.15) is 0 Å². The maximum absolute atomic E-state index is 10.3. The Morgan fingerprint density at radius 2 is 2.46 bits per heavy atom. The van der Waals surface area contributed by atoms with Crippen LogP contribution >= 0.6 is 0 Å². The molecule has 0 saturated carbocycles. The van der Waals surface area contributed by atoms with Gasteiger partial charge in [0.05, 0.1) is 6.61 Å². The van der Waals surface area contributed by atoms with Gasteiger partial charge in [0.1, 0.15) is 5.69 Å². The summed E-state index contributed by atoms with van der Waals surface area (Å²) in [6.45, 7) is -0.0756. The average Bonchev–Trinajstić information content (AvgIpc) is 2.15. The average molecular weight is 176 g/mol. The molecule has 4 nitrogen and oxygen atoms in total. The van der Waals surface area contributed by atoms with Crippen molar-refractivity contribution in [1.82, 2.24) is 4.98 Å². The number of nitrogens with two attached hydrogens (primary N) is 1. The number of rotatable bonds is 1. The normalized spacial score (nSPS) is 8.69. The predicted octanol–water partition coefficient (Wildman–Crippen LogP) is -0.589. The molecular formula is C9H8N2O2. The number of hydrogen-bond donors (Lipinski definition) is 2. The summed E-state index contributed by atoms with van der Waals surface area (Å²) >= 11 is 0. The van der Waals surface area contributed by atoms with E-state index in [1.54, 1.807) is 12.1 Å². The lowest BCUT2D eigenvalue weighted by Gasteiger charge is -1.94. The molecule has 0 fully saturated rings. The monoisotopic (exact) mass is 176 g/mol. The van der Waals surface area contributed by atoms with Gasteiger partial charge < -0.3 is 10.8 Å². The molecule has 0 saturated heterocycles. The number of aliphatic hydroxyl groups excluding tert-OH is 1. The molecule has 1 rings (SSSR count). The molecular weight excluding hydrogens is 168 g/mol. The van der Waals surface area contributed by atoms with Crippen molar-refractivity contribution in [1.29, 1.82) is 0 Å². The highest BCUT2D eigenvalue weighted by atomic mass is 16.3. The highest BCUT2D eigenvalue weighted by Crippen LogP contribution is 1.99. The van der Waals surface area contributed by atoms with E-state index in [0.717, 1.165) is 0 Å². The first-order valence-corrected chi connectivity index (χ1v) is 3.59. The van der Waals surface area contributed by atoms with Crippen LogP contribution in [0.15, 0.2) is 18.3 Å². The summed E-state index contributed by atoms with van der Waals surface area (Å²) < 4.78 is 0. The standard InChI is InChI=1S/C9H8N2O2/c10-9(13)2-1-8-5-7(6-12)3-4-11-8/h3-5,12H,6H2,(H2,10,13). The largest absolute Gasteiger partial charge is 0.392 e. The Morgan fingerprint density at radius 1 is 1.69 bits per heavy atom. The van der Waals surface area contributed by atoms with Gasteiger partial charge in [-0.1, -0.05) is 0 Å². The molecule has 0 unspecified atom stereocenters. The van der Waals surface area contributed by atoms with Crippen LogP contribution in [-0.2, 0) is 11.4 Å². The lowest BCUT2D eigenvalue weighted by Crippen LogP contribution is -2.06. The number of carbonyl (C=O) groups excluding carboxylic acids is 1. The molecule has 0 atom stereocenters. The fourth-order valence-electron chi connectivity index (χ4n) is 0.767. The molecule has 0 spiro atoms. The number of amides is 1. The van der Waals surface area contributed by atoms with Gasteiger partial charge in [-0.25, -0.2) is 4.98 Å². The van der Waals surface area contributed by atoms with Gasteiger partial charge in [0.2, 0.25) is 0 Å². The van der Waals surface area contributed by atoms with Crippen molar-refractivity contribution < 1.29 is 9.90 Å². The van der Waals surface area contributed by atoms with Crippen LogP contribution in [-0.4, -0.2) is 16.0 Å². The molecule has 66 valence electrons. The Balaban J connectivity index is 2.91. The second-order valence-electron chi connectivity index (χ2n) is 2.32. The Morgan fingerprint density at radius 3 is 3.08 bits per heavy atom. The fraction of sp³-hybridized carbons (Fsp3) is 0.111. The minimum Gasteiger partial charge on any atom is -0.392 e. The highest BCUT2D eigenvalue weighted by Gasteiger charge is 1.92. The summed E-state index contributed by atoms with van der Waals surface area (Å²) in [5, 5.41) is 8.77. The first kappa shape index (κ1) is 9.23. The third kappa shape index (κ3) is 2.93. The van der Waals surface area contributed by atoms with E-state index in [0.29, 0.717) is 11.3 Å². The van der Waals surface area contributed by atoms with Gasteiger partial charge in [-0.3, -0.25) is 4.79 Å². The van der Waals surface area contributed by atoms with Crippen LogP contribution < -0.4 is 5.73 Å². The summed E-state index contributed by atoms with van der Waals surface area (Å²) in [6.07, 6.45) is 1.51. The minimum absolute atomic E-state index is 0.0756. The molecule has 1 aromatic rings. The van der Waals surface area contributed by atoms with E-state index in [2.05, 4.69) is 16.8 Å². The molecule has 13 heavy (non-hydrogen) atoms. The third-order valence-corrected chi connectivity index (χ3v) is 1.32. The summed E-state index contributed by atoms with van der Waals surface area (Å²) in [7, 11) is 0. The van der Waals surface area contributed by atoms with Gasteiger partial charge in [0, 0.05) is 12.1 Å². The molecule has 1 heterocycles. The molecule has 0 aromatic carbocycles. The quantitative estimate of drug-likeness (QED) is 0.561. The van der Waals surface area contributed by atoms with Gasteiger partial charge in [0.15, 0.2) is 0 Å². The van der Waals surface area contributed by atoms with Crippen LogP contribution in [0.5, 0.6) is 0 Å². The smallest absolute Gasteiger partial charge is 0.293 e. The second kappa shape index (κ2) is 4.24. The van der Waals surface area contributed by atoms with Crippen molar-refractivity contribution in [2.45, 2.75) is 6.61 Å². The van der Waals surface area contributed by atoms with E-state index in [9.17, 15) is 4.79 Å². The predicted molar refractivity (Wildman–Crippen MR) is 46.2 cm³/mol. The molecule has 0 radical (unpaired) electrons. The van der Waals surface area contributed by atoms with E-state index in [4.69, 9.17) is 10.8 Å². The van der Waals surface area contributed by atoms with Gasteiger partial charge in [-0.05, 0) is 23.6 Å². The zero-order valence-corrected chi connectivity index (χ0v) is 6.82. The maximum atomic E-state index is 10.3. The molecule has 0 bridgehead atoms. The van der Waals surface area contributed by atoms with E-state index in [-0.39, 0.29) is 6.61 Å². The number of pyridine rings is 1. The van der Waals surface area contributed by atoms with E-state index in [1.807, 2.05) is 0 Å². The van der Waals surface area contributed by atoms with E-state index >= 15 is 0 Å². The number of primary amides is 1. The topological polar surface area (TPSA) is 76.2 Å². The van der Waals surface area contributed by atoms with Crippen molar-refractivity contribution in [3.8, 4) is 11.8 Å². The lowest BCUT2D eigenvalue weighted by atomic mass is 10.2. The number of carbonyl (C=O) groups is 1. The maximum Gasteiger partial charge on any atom is 0.293 e. The second-order valence-corrected chi connectivity index (χ2v) is 2.32. The van der Waals surface area contributed by atoms with Crippen LogP contribution in [0.1, 0.15) is 11.3 Å². The van der Waals surface area contributed by atoms with Crippen LogP contribution in [0.25, 0.3) is 0 Å². The van der Waals surface area contributed by atoms with Crippen LogP contribution in [0.4, 0.5) is 0 Å². The first-order valence-electron chi connectivity index (χ1n) is 3.59. The third-order valence-electron chi connectivity index (χ3n) is 1.32. The first-order chi connectivity index (χ1) is 6.22. The van der Waals surface area contributed by atoms with Crippen molar-refractivity contribution in [2.75, 3.05) is 0 Å². The number of hydrogen-bond acceptors (Lipinski definition) is 3. The Labute approximate surface area is 75.4 Å². The fourth-order valence-corrected chi connectivity index (χ4v) is 0.767. The van der Waals surface area contributed by atoms with E-state index in [1.165, 1.54) is 6.20 Å². The molecule has 3 N–H and O–H groups in total. The number of aliphatic hydroxyl groups is 1. The van der Waals surface area contributed by atoms with Gasteiger partial charge in [-0.15, -0.1) is 0 Å². The van der Waals surface area contributed by atoms with E-state index < -0.39 is 5.91 Å². The zero-order chi connectivity index (χ0) is 9.68. The number of aromatic nitrogens is 1. The van der Waals surface area contributed by atoms with Crippen molar-refractivity contribution >= 4 is 5.91 Å². The van der Waals surface area contributed by atoms with Crippen LogP contribution in [0, 0.1) is 11.8 Å². The Bertz CT molecular complexity index is 377. The summed E-state index contributed by atoms with van der Waals surface area (Å²) in [5.74, 6) is 3.93. The molecule has 1 amide bonds. The van der Waals surface area contributed by atoms with Gasteiger partial charge in [0.25, 0.3) is 5.91 Å². The molecule has 0 aliphatic heterocycles. The van der Waals surface area contributed by atoms with Crippen LogP contribution in [0.3, 0.4) is 0 Å². The molecule has 0 aliphatic rings. The van der Waals surface area contributed by atoms with Crippen molar-refractivity contribution in [3.05, 3.63) is 29.6 Å². The molecule has 1 aromatic heterocycles. The summed E-state index contributed by atoms with van der Waals surface area (Å²) in [6, 6.07) is 3.26.